The zero-order chi connectivity index (χ0) is 21.3. The molecule has 158 valence electrons. The third-order valence-corrected chi connectivity index (χ3v) is 4.91. The molecule has 0 unspecified atom stereocenters. The predicted molar refractivity (Wildman–Crippen MR) is 126 cm³/mol. The first-order chi connectivity index (χ1) is 14.0. The molecule has 0 heterocycles. The smallest absolute Gasteiger partial charge is 0.328 e. The van der Waals surface area contributed by atoms with Gasteiger partial charge in [0.15, 0.2) is 0 Å². The maximum atomic E-state index is 10.6. The third kappa shape index (κ3) is 13.5. The number of carboxylic acids is 1. The van der Waals surface area contributed by atoms with E-state index in [-0.39, 0.29) is 0 Å². The minimum Gasteiger partial charge on any atom is -0.478 e. The molecule has 1 N–H and O–H groups in total. The number of benzene rings is 1. The summed E-state index contributed by atoms with van der Waals surface area (Å²) in [4.78, 5) is 10.6. The van der Waals surface area contributed by atoms with Crippen LogP contribution in [0.15, 0.2) is 65.8 Å². The summed E-state index contributed by atoms with van der Waals surface area (Å²) in [6, 6.07) is 8.83. The Balaban J connectivity index is 2.35. The standard InChI is InChI=1S/C27H38O2/c1-4-5-6-7-8-9-10-11-15-25-18-20-26(21-19-25)17-16-23(2)13-12-14-24(3)22-27(28)29/h12-14,16-22H,4-11,15H2,1-3H3,(H,28,29). The number of unbranched alkanes of at least 4 members (excludes halogenated alkanes) is 7. The Morgan fingerprint density at radius 2 is 1.48 bits per heavy atom. The van der Waals surface area contributed by atoms with Crippen molar-refractivity contribution in [1.29, 1.82) is 0 Å². The van der Waals surface area contributed by atoms with Gasteiger partial charge in [-0.3, -0.25) is 0 Å². The highest BCUT2D eigenvalue weighted by Crippen LogP contribution is 2.13. The van der Waals surface area contributed by atoms with Crippen molar-refractivity contribution in [3.8, 4) is 0 Å². The molecule has 1 rings (SSSR count). The van der Waals surface area contributed by atoms with E-state index in [4.69, 9.17) is 5.11 Å². The van der Waals surface area contributed by atoms with Crippen LogP contribution in [0.2, 0.25) is 0 Å². The minimum absolute atomic E-state index is 0.720. The molecule has 0 amide bonds. The van der Waals surface area contributed by atoms with Crippen LogP contribution in [0, 0.1) is 0 Å². The van der Waals surface area contributed by atoms with Gasteiger partial charge in [-0.25, -0.2) is 4.79 Å². The molecule has 2 heteroatoms. The topological polar surface area (TPSA) is 37.3 Å². The van der Waals surface area contributed by atoms with E-state index in [1.807, 2.05) is 19.1 Å². The van der Waals surface area contributed by atoms with Crippen LogP contribution in [0.3, 0.4) is 0 Å². The quantitative estimate of drug-likeness (QED) is 0.198. The van der Waals surface area contributed by atoms with Crippen LogP contribution in [0.4, 0.5) is 0 Å². The Labute approximate surface area is 177 Å². The van der Waals surface area contributed by atoms with Crippen molar-refractivity contribution < 1.29 is 9.90 Å². The summed E-state index contributed by atoms with van der Waals surface area (Å²) in [6.07, 6.45) is 23.1. The number of allylic oxidation sites excluding steroid dienone is 6. The van der Waals surface area contributed by atoms with Gasteiger partial charge in [0.2, 0.25) is 0 Å². The molecule has 0 aliphatic rings. The SMILES string of the molecule is CCCCCCCCCCc1ccc(C=CC(C)=CC=CC(C)=CC(=O)O)cc1. The van der Waals surface area contributed by atoms with Crippen LogP contribution in [-0.4, -0.2) is 11.1 Å². The van der Waals surface area contributed by atoms with Gasteiger partial charge in [0.1, 0.15) is 0 Å². The monoisotopic (exact) mass is 394 g/mol. The second-order valence-electron chi connectivity index (χ2n) is 7.80. The van der Waals surface area contributed by atoms with E-state index in [9.17, 15) is 4.79 Å². The van der Waals surface area contributed by atoms with Crippen molar-refractivity contribution in [2.45, 2.75) is 78.6 Å². The first-order valence-electron chi connectivity index (χ1n) is 11.0. The van der Waals surface area contributed by atoms with E-state index in [0.717, 1.165) is 11.1 Å². The first kappa shape index (κ1) is 24.7. The van der Waals surface area contributed by atoms with Gasteiger partial charge >= 0.3 is 5.97 Å². The van der Waals surface area contributed by atoms with E-state index < -0.39 is 5.97 Å². The molecule has 0 radical (unpaired) electrons. The molecular weight excluding hydrogens is 356 g/mol. The van der Waals surface area contributed by atoms with Crippen molar-refractivity contribution in [2.75, 3.05) is 0 Å². The first-order valence-corrected chi connectivity index (χ1v) is 11.0. The van der Waals surface area contributed by atoms with Crippen LogP contribution in [0.1, 0.15) is 83.3 Å². The summed E-state index contributed by atoms with van der Waals surface area (Å²) in [5.41, 5.74) is 4.46. The molecule has 1 aromatic carbocycles. The van der Waals surface area contributed by atoms with Crippen LogP contribution >= 0.6 is 0 Å². The van der Waals surface area contributed by atoms with Crippen LogP contribution < -0.4 is 0 Å². The lowest BCUT2D eigenvalue weighted by molar-refractivity contribution is -0.131. The van der Waals surface area contributed by atoms with E-state index in [1.54, 1.807) is 13.0 Å². The predicted octanol–water partition coefficient (Wildman–Crippen LogP) is 7.92. The van der Waals surface area contributed by atoms with E-state index in [2.05, 4.69) is 43.3 Å². The van der Waals surface area contributed by atoms with Gasteiger partial charge in [-0.2, -0.15) is 0 Å². The number of hydrogen-bond donors (Lipinski definition) is 1. The molecule has 29 heavy (non-hydrogen) atoms. The van der Waals surface area contributed by atoms with Gasteiger partial charge in [-0.15, -0.1) is 0 Å². The number of hydrogen-bond acceptors (Lipinski definition) is 1. The Bertz CT molecular complexity index is 703. The second kappa shape index (κ2) is 15.6. The van der Waals surface area contributed by atoms with Gasteiger partial charge in [0.05, 0.1) is 0 Å². The lowest BCUT2D eigenvalue weighted by atomic mass is 10.0. The summed E-state index contributed by atoms with van der Waals surface area (Å²) < 4.78 is 0. The fourth-order valence-electron chi connectivity index (χ4n) is 3.14. The molecule has 0 bridgehead atoms. The van der Waals surface area contributed by atoms with Crippen LogP contribution in [0.25, 0.3) is 6.08 Å². The average Bonchev–Trinajstić information content (AvgIpc) is 2.68. The molecule has 0 aromatic heterocycles. The Hall–Kier alpha value is -2.35. The van der Waals surface area contributed by atoms with Gasteiger partial charge in [0.25, 0.3) is 0 Å². The normalized spacial score (nSPS) is 12.9. The average molecular weight is 395 g/mol. The minimum atomic E-state index is -0.918. The highest BCUT2D eigenvalue weighted by molar-refractivity contribution is 5.81. The molecule has 0 spiro atoms. The highest BCUT2D eigenvalue weighted by atomic mass is 16.4. The molecule has 0 fully saturated rings. The lowest BCUT2D eigenvalue weighted by Crippen LogP contribution is -1.87. The summed E-state index contributed by atoms with van der Waals surface area (Å²) in [7, 11) is 0. The van der Waals surface area contributed by atoms with Crippen molar-refractivity contribution in [3.05, 3.63) is 76.9 Å². The molecule has 0 aliphatic heterocycles. The van der Waals surface area contributed by atoms with Gasteiger partial charge in [0, 0.05) is 6.08 Å². The van der Waals surface area contributed by atoms with E-state index in [0.29, 0.717) is 0 Å². The van der Waals surface area contributed by atoms with Crippen molar-refractivity contribution in [2.24, 2.45) is 0 Å². The molecule has 0 atom stereocenters. The Kier molecular flexibility index (Phi) is 13.2. The van der Waals surface area contributed by atoms with Crippen LogP contribution in [-0.2, 0) is 11.2 Å². The fourth-order valence-corrected chi connectivity index (χ4v) is 3.14. The van der Waals surface area contributed by atoms with E-state index in [1.165, 1.54) is 75.0 Å². The molecule has 0 aliphatic carbocycles. The largest absolute Gasteiger partial charge is 0.478 e. The number of carbonyl (C=O) groups is 1. The Morgan fingerprint density at radius 3 is 2.10 bits per heavy atom. The van der Waals surface area contributed by atoms with Crippen molar-refractivity contribution in [3.63, 3.8) is 0 Å². The van der Waals surface area contributed by atoms with Gasteiger partial charge in [-0.05, 0) is 43.4 Å². The van der Waals surface area contributed by atoms with Crippen LogP contribution in [0.5, 0.6) is 0 Å². The number of carboxylic acid groups (broad SMARTS) is 1. The summed E-state index contributed by atoms with van der Waals surface area (Å²) in [5.74, 6) is -0.918. The maximum Gasteiger partial charge on any atom is 0.328 e. The molecule has 1 aromatic rings. The van der Waals surface area contributed by atoms with Crippen molar-refractivity contribution in [1.82, 2.24) is 0 Å². The summed E-state index contributed by atoms with van der Waals surface area (Å²) in [6.45, 7) is 6.08. The number of aryl methyl sites for hydroxylation is 1. The summed E-state index contributed by atoms with van der Waals surface area (Å²) in [5, 5.41) is 8.69. The third-order valence-electron chi connectivity index (χ3n) is 4.91. The second-order valence-corrected chi connectivity index (χ2v) is 7.80. The lowest BCUT2D eigenvalue weighted by Gasteiger charge is -2.03. The molecule has 2 nitrogen and oxygen atoms in total. The van der Waals surface area contributed by atoms with Gasteiger partial charge in [-0.1, -0.05) is 112 Å². The maximum absolute atomic E-state index is 10.6. The summed E-state index contributed by atoms with van der Waals surface area (Å²) >= 11 is 0. The zero-order valence-electron chi connectivity index (χ0n) is 18.5. The van der Waals surface area contributed by atoms with Gasteiger partial charge < -0.3 is 5.11 Å². The number of aliphatic carboxylic acids is 1. The zero-order valence-corrected chi connectivity index (χ0v) is 18.5. The fraction of sp³-hybridized carbons (Fsp3) is 0.444. The van der Waals surface area contributed by atoms with Crippen molar-refractivity contribution >= 4 is 12.0 Å². The molecule has 0 saturated carbocycles. The molecule has 0 saturated heterocycles. The van der Waals surface area contributed by atoms with E-state index >= 15 is 0 Å². The molecular formula is C27H38O2. The number of rotatable bonds is 14. The highest BCUT2D eigenvalue weighted by Gasteiger charge is 1.95. The Morgan fingerprint density at radius 1 is 0.862 bits per heavy atom.